The second-order valence-electron chi connectivity index (χ2n) is 7.23. The number of nitrogens with one attached hydrogen (secondary N) is 3. The first-order valence-corrected chi connectivity index (χ1v) is 9.40. The summed E-state index contributed by atoms with van der Waals surface area (Å²) >= 11 is 0. The summed E-state index contributed by atoms with van der Waals surface area (Å²) in [5.74, 6) is 0.844. The highest BCUT2D eigenvalue weighted by atomic mass is 16.5. The van der Waals surface area contributed by atoms with Crippen LogP contribution in [0.15, 0.2) is 42.5 Å². The van der Waals surface area contributed by atoms with Crippen molar-refractivity contribution in [3.05, 3.63) is 64.8 Å². The molecule has 0 spiro atoms. The molecule has 0 aliphatic heterocycles. The van der Waals surface area contributed by atoms with Crippen molar-refractivity contribution < 1.29 is 9.53 Å². The van der Waals surface area contributed by atoms with Gasteiger partial charge in [-0.25, -0.2) is 4.79 Å². The Morgan fingerprint density at radius 2 is 2.00 bits per heavy atom. The molecule has 2 aromatic carbocycles. The average Bonchev–Trinajstić information content (AvgIpc) is 3.19. The number of carbonyl (C=O) groups is 1. The van der Waals surface area contributed by atoms with E-state index < -0.39 is 0 Å². The quantitative estimate of drug-likeness (QED) is 0.650. The summed E-state index contributed by atoms with van der Waals surface area (Å²) in [4.78, 5) is 15.7. The summed E-state index contributed by atoms with van der Waals surface area (Å²) in [5.41, 5.74) is 6.22. The molecule has 0 fully saturated rings. The smallest absolute Gasteiger partial charge is 0.315 e. The lowest BCUT2D eigenvalue weighted by atomic mass is 10.1. The lowest BCUT2D eigenvalue weighted by molar-refractivity contribution is 0.237. The molecule has 140 valence electrons. The van der Waals surface area contributed by atoms with E-state index in [4.69, 9.17) is 4.74 Å². The third kappa shape index (κ3) is 3.77. The minimum absolute atomic E-state index is 0.0980. The van der Waals surface area contributed by atoms with Gasteiger partial charge < -0.3 is 20.4 Å². The van der Waals surface area contributed by atoms with Gasteiger partial charge in [-0.3, -0.25) is 0 Å². The number of amides is 2. The van der Waals surface area contributed by atoms with Gasteiger partial charge in [0, 0.05) is 35.6 Å². The van der Waals surface area contributed by atoms with Gasteiger partial charge in [-0.05, 0) is 55.2 Å². The Morgan fingerprint density at radius 1 is 1.19 bits per heavy atom. The van der Waals surface area contributed by atoms with E-state index in [1.165, 1.54) is 33.3 Å². The molecule has 3 N–H and O–H groups in total. The van der Waals surface area contributed by atoms with Gasteiger partial charge in [-0.2, -0.15) is 0 Å². The van der Waals surface area contributed by atoms with E-state index >= 15 is 0 Å². The number of benzene rings is 2. The molecule has 0 saturated heterocycles. The number of aromatic amines is 1. The van der Waals surface area contributed by atoms with E-state index in [-0.39, 0.29) is 12.1 Å². The number of ether oxygens (including phenoxy) is 1. The van der Waals surface area contributed by atoms with E-state index in [1.54, 1.807) is 7.11 Å². The van der Waals surface area contributed by atoms with Gasteiger partial charge >= 0.3 is 6.03 Å². The fourth-order valence-electron chi connectivity index (χ4n) is 3.84. The number of hydrogen-bond donors (Lipinski definition) is 3. The number of aromatic nitrogens is 1. The first kappa shape index (κ1) is 17.5. The predicted molar refractivity (Wildman–Crippen MR) is 107 cm³/mol. The molecule has 5 nitrogen and oxygen atoms in total. The van der Waals surface area contributed by atoms with Crippen molar-refractivity contribution in [2.45, 2.75) is 32.2 Å². The molecule has 0 radical (unpaired) electrons. The van der Waals surface area contributed by atoms with Crippen LogP contribution in [-0.2, 0) is 19.3 Å². The molecule has 1 heterocycles. The fraction of sp³-hybridized carbons (Fsp3) is 0.318. The zero-order valence-corrected chi connectivity index (χ0v) is 15.8. The third-order valence-corrected chi connectivity index (χ3v) is 5.24. The summed E-state index contributed by atoms with van der Waals surface area (Å²) in [6.07, 6.45) is 2.53. The maximum atomic E-state index is 12.2. The van der Waals surface area contributed by atoms with E-state index in [0.29, 0.717) is 6.54 Å². The van der Waals surface area contributed by atoms with Crippen LogP contribution in [0.3, 0.4) is 0 Å². The third-order valence-electron chi connectivity index (χ3n) is 5.24. The number of fused-ring (bicyclic) bond motifs is 3. The Labute approximate surface area is 159 Å². The second-order valence-corrected chi connectivity index (χ2v) is 7.23. The molecule has 1 unspecified atom stereocenters. The largest absolute Gasteiger partial charge is 0.497 e. The van der Waals surface area contributed by atoms with Crippen molar-refractivity contribution in [2.24, 2.45) is 0 Å². The van der Waals surface area contributed by atoms with Gasteiger partial charge in [-0.15, -0.1) is 0 Å². The van der Waals surface area contributed by atoms with Gasteiger partial charge in [0.2, 0.25) is 0 Å². The molecule has 3 aromatic rings. The topological polar surface area (TPSA) is 66.2 Å². The van der Waals surface area contributed by atoms with E-state index in [0.717, 1.165) is 25.0 Å². The number of methoxy groups -OCH3 is 1. The van der Waals surface area contributed by atoms with Crippen molar-refractivity contribution in [3.63, 3.8) is 0 Å². The molecule has 0 saturated carbocycles. The van der Waals surface area contributed by atoms with Gasteiger partial charge in [-0.1, -0.05) is 23.8 Å². The Morgan fingerprint density at radius 3 is 2.78 bits per heavy atom. The van der Waals surface area contributed by atoms with Crippen molar-refractivity contribution in [1.29, 1.82) is 0 Å². The maximum absolute atomic E-state index is 12.2. The van der Waals surface area contributed by atoms with Crippen molar-refractivity contribution in [3.8, 4) is 5.75 Å². The summed E-state index contributed by atoms with van der Waals surface area (Å²) in [6.45, 7) is 2.72. The number of aryl methyl sites for hydroxylation is 1. The van der Waals surface area contributed by atoms with Crippen molar-refractivity contribution >= 4 is 16.9 Å². The molecule has 1 aromatic heterocycles. The number of urea groups is 1. The highest BCUT2D eigenvalue weighted by Crippen LogP contribution is 2.30. The van der Waals surface area contributed by atoms with Crippen LogP contribution in [0.4, 0.5) is 4.79 Å². The number of hydrogen-bond acceptors (Lipinski definition) is 2. The van der Waals surface area contributed by atoms with Crippen LogP contribution in [0.25, 0.3) is 10.9 Å². The van der Waals surface area contributed by atoms with Crippen LogP contribution in [0.2, 0.25) is 0 Å². The molecule has 1 aliphatic rings. The van der Waals surface area contributed by atoms with Crippen LogP contribution in [0.1, 0.15) is 22.4 Å². The summed E-state index contributed by atoms with van der Waals surface area (Å²) in [5, 5.41) is 7.35. The molecular weight excluding hydrogens is 338 g/mol. The van der Waals surface area contributed by atoms with Crippen LogP contribution >= 0.6 is 0 Å². The first-order chi connectivity index (χ1) is 13.1. The van der Waals surface area contributed by atoms with Crippen molar-refractivity contribution in [1.82, 2.24) is 15.6 Å². The van der Waals surface area contributed by atoms with Gasteiger partial charge in [0.1, 0.15) is 5.75 Å². The van der Waals surface area contributed by atoms with Gasteiger partial charge in [0.15, 0.2) is 0 Å². The van der Waals surface area contributed by atoms with Gasteiger partial charge in [0.05, 0.1) is 7.11 Å². The minimum atomic E-state index is -0.0980. The molecule has 4 rings (SSSR count). The average molecular weight is 363 g/mol. The summed E-state index contributed by atoms with van der Waals surface area (Å²) < 4.78 is 5.16. The predicted octanol–water partition coefficient (Wildman–Crippen LogP) is 3.49. The summed E-state index contributed by atoms with van der Waals surface area (Å²) in [7, 11) is 1.66. The SMILES string of the molecule is COc1ccc(CCNC(=O)NC2Cc3[nH]c4ccc(C)cc4c3C2)cc1. The van der Waals surface area contributed by atoms with Crippen LogP contribution < -0.4 is 15.4 Å². The number of carbonyl (C=O) groups excluding carboxylic acids is 1. The monoisotopic (exact) mass is 363 g/mol. The molecule has 27 heavy (non-hydrogen) atoms. The Bertz CT molecular complexity index is 960. The standard InChI is InChI=1S/C22H25N3O2/c1-14-3-8-20-18(11-14)19-12-16(13-21(19)25-20)24-22(26)23-10-9-15-4-6-17(27-2)7-5-15/h3-8,11,16,25H,9-10,12-13H2,1-2H3,(H2,23,24,26). The highest BCUT2D eigenvalue weighted by molar-refractivity contribution is 5.86. The zero-order chi connectivity index (χ0) is 18.8. The van der Waals surface area contributed by atoms with Crippen LogP contribution in [0.5, 0.6) is 5.75 Å². The van der Waals surface area contributed by atoms with Gasteiger partial charge in [0.25, 0.3) is 0 Å². The lowest BCUT2D eigenvalue weighted by Gasteiger charge is -2.13. The van der Waals surface area contributed by atoms with Crippen LogP contribution in [0, 0.1) is 6.92 Å². The van der Waals surface area contributed by atoms with E-state index in [1.807, 2.05) is 24.3 Å². The molecule has 2 amide bonds. The minimum Gasteiger partial charge on any atom is -0.497 e. The molecular formula is C22H25N3O2. The molecule has 0 bridgehead atoms. The highest BCUT2D eigenvalue weighted by Gasteiger charge is 2.26. The zero-order valence-electron chi connectivity index (χ0n) is 15.8. The van der Waals surface area contributed by atoms with E-state index in [9.17, 15) is 4.79 Å². The Hall–Kier alpha value is -2.95. The Balaban J connectivity index is 1.28. The van der Waals surface area contributed by atoms with Crippen molar-refractivity contribution in [2.75, 3.05) is 13.7 Å². The Kier molecular flexibility index (Phi) is 4.75. The molecule has 1 aliphatic carbocycles. The second kappa shape index (κ2) is 7.35. The maximum Gasteiger partial charge on any atom is 0.315 e. The summed E-state index contributed by atoms with van der Waals surface area (Å²) in [6, 6.07) is 14.5. The number of rotatable bonds is 5. The lowest BCUT2D eigenvalue weighted by Crippen LogP contribution is -2.43. The normalized spacial score (nSPS) is 15.6. The number of H-pyrrole nitrogens is 1. The molecule has 1 atom stereocenters. The first-order valence-electron chi connectivity index (χ1n) is 9.40. The molecule has 5 heteroatoms. The van der Waals surface area contributed by atoms with Crippen LogP contribution in [-0.4, -0.2) is 30.7 Å². The van der Waals surface area contributed by atoms with E-state index in [2.05, 4.69) is 40.7 Å². The fourth-order valence-corrected chi connectivity index (χ4v) is 3.84.